The van der Waals surface area contributed by atoms with Gasteiger partial charge in [0.05, 0.1) is 5.25 Å². The Kier molecular flexibility index (Phi) is 4.10. The van der Waals surface area contributed by atoms with Crippen LogP contribution in [-0.4, -0.2) is 31.3 Å². The van der Waals surface area contributed by atoms with E-state index < -0.39 is 0 Å². The van der Waals surface area contributed by atoms with E-state index in [1.165, 1.54) is 0 Å². The number of aromatic amines is 1. The number of fused-ring (bicyclic) bond motifs is 1. The zero-order valence-electron chi connectivity index (χ0n) is 13.1. The van der Waals surface area contributed by atoms with Crippen LogP contribution in [0, 0.1) is 0 Å². The van der Waals surface area contributed by atoms with Gasteiger partial charge in [-0.1, -0.05) is 11.8 Å². The first-order valence-corrected chi connectivity index (χ1v) is 8.57. The normalized spacial score (nSPS) is 17.0. The van der Waals surface area contributed by atoms with Crippen LogP contribution >= 0.6 is 11.8 Å². The van der Waals surface area contributed by atoms with Gasteiger partial charge in [-0.25, -0.2) is 9.97 Å². The van der Waals surface area contributed by atoms with Crippen molar-refractivity contribution in [3.8, 4) is 5.75 Å². The number of H-pyrrole nitrogens is 1. The molecule has 3 heterocycles. The van der Waals surface area contributed by atoms with E-state index in [4.69, 9.17) is 4.74 Å². The number of rotatable bonds is 5. The molecular formula is C17H14N4O3S. The Morgan fingerprint density at radius 3 is 2.76 bits per heavy atom. The minimum atomic E-state index is -0.383. The lowest BCUT2D eigenvalue weighted by Gasteiger charge is -2.04. The van der Waals surface area contributed by atoms with E-state index in [9.17, 15) is 9.59 Å². The van der Waals surface area contributed by atoms with E-state index in [2.05, 4.69) is 20.3 Å². The third-order valence-corrected chi connectivity index (χ3v) is 4.79. The van der Waals surface area contributed by atoms with Crippen molar-refractivity contribution >= 4 is 33.8 Å². The maximum atomic E-state index is 11.7. The van der Waals surface area contributed by atoms with Crippen LogP contribution in [0.4, 0.5) is 4.79 Å². The molecule has 7 nitrogen and oxygen atoms in total. The molecular weight excluding hydrogens is 340 g/mol. The first kappa shape index (κ1) is 15.6. The quantitative estimate of drug-likeness (QED) is 0.730. The van der Waals surface area contributed by atoms with Gasteiger partial charge in [-0.2, -0.15) is 0 Å². The van der Waals surface area contributed by atoms with Gasteiger partial charge < -0.3 is 9.72 Å². The first-order chi connectivity index (χ1) is 12.2. The van der Waals surface area contributed by atoms with E-state index in [0.717, 1.165) is 28.4 Å². The van der Waals surface area contributed by atoms with Crippen molar-refractivity contribution in [2.75, 3.05) is 0 Å². The number of nitrogens with one attached hydrogen (secondary N) is 2. The number of ether oxygens (including phenoxy) is 1. The fourth-order valence-electron chi connectivity index (χ4n) is 2.65. The second-order valence-corrected chi connectivity index (χ2v) is 6.76. The van der Waals surface area contributed by atoms with Crippen molar-refractivity contribution in [2.45, 2.75) is 18.3 Å². The average Bonchev–Trinajstić information content (AvgIpc) is 3.15. The molecule has 3 aromatic rings. The largest absolute Gasteiger partial charge is 0.486 e. The molecule has 2 amide bonds. The number of hydrogen-bond donors (Lipinski definition) is 2. The van der Waals surface area contributed by atoms with Crippen molar-refractivity contribution in [1.29, 1.82) is 0 Å². The molecule has 0 aliphatic carbocycles. The van der Waals surface area contributed by atoms with E-state index >= 15 is 0 Å². The average molecular weight is 354 g/mol. The second kappa shape index (κ2) is 6.56. The smallest absolute Gasteiger partial charge is 0.286 e. The van der Waals surface area contributed by atoms with Gasteiger partial charge in [0, 0.05) is 35.4 Å². The molecule has 8 heteroatoms. The van der Waals surface area contributed by atoms with Gasteiger partial charge in [-0.3, -0.25) is 14.9 Å². The first-order valence-electron chi connectivity index (χ1n) is 7.69. The summed E-state index contributed by atoms with van der Waals surface area (Å²) in [5.41, 5.74) is 1.86. The highest BCUT2D eigenvalue weighted by atomic mass is 32.2. The monoisotopic (exact) mass is 354 g/mol. The lowest BCUT2D eigenvalue weighted by Crippen LogP contribution is -2.25. The molecule has 1 atom stereocenters. The van der Waals surface area contributed by atoms with Gasteiger partial charge in [-0.15, -0.1) is 0 Å². The standard InChI is InChI=1S/C17H14N4O3S/c22-16-14(25-17(23)21-16)8-11-6-10-7-12(2-3-13(10)20-11)24-9-15-18-4-1-5-19-15/h1-7,14,20H,8-9H2,(H,21,22,23). The highest BCUT2D eigenvalue weighted by Gasteiger charge is 2.31. The van der Waals surface area contributed by atoms with E-state index in [1.807, 2.05) is 24.3 Å². The Morgan fingerprint density at radius 1 is 1.16 bits per heavy atom. The highest BCUT2D eigenvalue weighted by molar-refractivity contribution is 8.15. The number of imide groups is 1. The molecule has 0 bridgehead atoms. The van der Waals surface area contributed by atoms with Crippen LogP contribution in [0.1, 0.15) is 11.5 Å². The molecule has 0 radical (unpaired) electrons. The van der Waals surface area contributed by atoms with Crippen LogP contribution < -0.4 is 10.1 Å². The van der Waals surface area contributed by atoms with Crippen LogP contribution in [0.3, 0.4) is 0 Å². The predicted octanol–water partition coefficient (Wildman–Crippen LogP) is 2.43. The molecule has 1 aliphatic heterocycles. The molecule has 1 aromatic carbocycles. The van der Waals surface area contributed by atoms with E-state index in [-0.39, 0.29) is 16.4 Å². The Bertz CT molecular complexity index is 941. The number of hydrogen-bond acceptors (Lipinski definition) is 6. The van der Waals surface area contributed by atoms with Crippen LogP contribution in [0.5, 0.6) is 5.75 Å². The summed E-state index contributed by atoms with van der Waals surface area (Å²) in [7, 11) is 0. The van der Waals surface area contributed by atoms with Gasteiger partial charge in [0.2, 0.25) is 5.91 Å². The van der Waals surface area contributed by atoms with Crippen molar-refractivity contribution < 1.29 is 14.3 Å². The molecule has 2 aromatic heterocycles. The summed E-state index contributed by atoms with van der Waals surface area (Å²) in [5.74, 6) is 1.10. The summed E-state index contributed by atoms with van der Waals surface area (Å²) >= 11 is 1.03. The molecule has 0 spiro atoms. The molecule has 0 saturated carbocycles. The van der Waals surface area contributed by atoms with E-state index in [1.54, 1.807) is 18.5 Å². The number of carbonyl (C=O) groups excluding carboxylic acids is 2. The topological polar surface area (TPSA) is 97.0 Å². The Balaban J connectivity index is 1.47. The number of carbonyl (C=O) groups is 2. The molecule has 2 N–H and O–H groups in total. The highest BCUT2D eigenvalue weighted by Crippen LogP contribution is 2.26. The van der Waals surface area contributed by atoms with Crippen LogP contribution in [0.15, 0.2) is 42.7 Å². The molecule has 1 unspecified atom stereocenters. The number of nitrogens with zero attached hydrogens (tertiary/aromatic N) is 2. The van der Waals surface area contributed by atoms with Gasteiger partial charge in [0.15, 0.2) is 5.82 Å². The summed E-state index contributed by atoms with van der Waals surface area (Å²) in [5, 5.41) is 2.61. The summed E-state index contributed by atoms with van der Waals surface area (Å²) in [6.07, 6.45) is 3.83. The number of thioether (sulfide) groups is 1. The molecule has 126 valence electrons. The van der Waals surface area contributed by atoms with Gasteiger partial charge >= 0.3 is 0 Å². The van der Waals surface area contributed by atoms with Gasteiger partial charge in [0.1, 0.15) is 12.4 Å². The van der Waals surface area contributed by atoms with Gasteiger partial charge in [-0.05, 0) is 30.3 Å². The van der Waals surface area contributed by atoms with Crippen molar-refractivity contribution in [3.63, 3.8) is 0 Å². The molecule has 1 fully saturated rings. The summed E-state index contributed by atoms with van der Waals surface area (Å²) < 4.78 is 5.72. The van der Waals surface area contributed by atoms with Crippen molar-refractivity contribution in [3.05, 3.63) is 54.2 Å². The second-order valence-electron chi connectivity index (χ2n) is 5.58. The van der Waals surface area contributed by atoms with Crippen molar-refractivity contribution in [1.82, 2.24) is 20.3 Å². The van der Waals surface area contributed by atoms with Crippen LogP contribution in [0.2, 0.25) is 0 Å². The van der Waals surface area contributed by atoms with Gasteiger partial charge in [0.25, 0.3) is 5.24 Å². The lowest BCUT2D eigenvalue weighted by molar-refractivity contribution is -0.118. The number of aromatic nitrogens is 3. The fraction of sp³-hybridized carbons (Fsp3) is 0.176. The number of amides is 2. The molecule has 1 saturated heterocycles. The Morgan fingerprint density at radius 2 is 2.00 bits per heavy atom. The van der Waals surface area contributed by atoms with E-state index in [0.29, 0.717) is 24.6 Å². The van der Waals surface area contributed by atoms with Crippen LogP contribution in [0.25, 0.3) is 10.9 Å². The third kappa shape index (κ3) is 3.48. The van der Waals surface area contributed by atoms with Crippen LogP contribution in [-0.2, 0) is 17.8 Å². The lowest BCUT2D eigenvalue weighted by atomic mass is 10.2. The maximum absolute atomic E-state index is 11.7. The zero-order chi connectivity index (χ0) is 17.2. The molecule has 25 heavy (non-hydrogen) atoms. The summed E-state index contributed by atoms with van der Waals surface area (Å²) in [6.45, 7) is 0.296. The SMILES string of the molecule is O=C1NC(=O)C(Cc2cc3cc(OCc4ncccn4)ccc3[nH]2)S1. The minimum absolute atomic E-state index is 0.236. The Labute approximate surface area is 147 Å². The fourth-order valence-corrected chi connectivity index (χ4v) is 3.50. The molecule has 4 rings (SSSR count). The maximum Gasteiger partial charge on any atom is 0.286 e. The minimum Gasteiger partial charge on any atom is -0.486 e. The predicted molar refractivity (Wildman–Crippen MR) is 93.3 cm³/mol. The third-order valence-electron chi connectivity index (χ3n) is 3.81. The number of benzene rings is 1. The van der Waals surface area contributed by atoms with Crippen molar-refractivity contribution in [2.24, 2.45) is 0 Å². The Hall–Kier alpha value is -2.87. The summed E-state index contributed by atoms with van der Waals surface area (Å²) in [6, 6.07) is 9.44. The zero-order valence-corrected chi connectivity index (χ0v) is 13.9. The molecule has 1 aliphatic rings. The summed E-state index contributed by atoms with van der Waals surface area (Å²) in [4.78, 5) is 34.4.